The number of carboxylic acid groups (broad SMARTS) is 1. The first-order valence-electron chi connectivity index (χ1n) is 5.88. The van der Waals surface area contributed by atoms with Gasteiger partial charge < -0.3 is 10.4 Å². The smallest absolute Gasteiger partial charge is 0.335 e. The second-order valence-corrected chi connectivity index (χ2v) is 6.77. The fraction of sp³-hybridized carbons (Fsp3) is 0.214. The fourth-order valence-corrected chi connectivity index (χ4v) is 3.31. The van der Waals surface area contributed by atoms with Crippen molar-refractivity contribution in [3.63, 3.8) is 0 Å². The molecule has 1 aromatic heterocycles. The number of aromatic carboxylic acids is 1. The SMILES string of the molecule is Cc1cc(NCCc2ccc(Br)s2)ccc1C(=O)O. The topological polar surface area (TPSA) is 49.3 Å². The molecule has 0 unspecified atom stereocenters. The molecule has 1 aromatic carbocycles. The van der Waals surface area contributed by atoms with Crippen molar-refractivity contribution in [3.8, 4) is 0 Å². The van der Waals surface area contributed by atoms with E-state index in [1.165, 1.54) is 4.88 Å². The van der Waals surface area contributed by atoms with E-state index in [0.717, 1.165) is 28.0 Å². The molecular formula is C14H14BrNO2S. The summed E-state index contributed by atoms with van der Waals surface area (Å²) < 4.78 is 1.14. The van der Waals surface area contributed by atoms with Gasteiger partial charge in [0.2, 0.25) is 0 Å². The molecule has 2 rings (SSSR count). The van der Waals surface area contributed by atoms with Crippen molar-refractivity contribution < 1.29 is 9.90 Å². The lowest BCUT2D eigenvalue weighted by Crippen LogP contribution is -2.05. The lowest BCUT2D eigenvalue weighted by atomic mass is 10.1. The molecule has 0 saturated carbocycles. The van der Waals surface area contributed by atoms with Crippen LogP contribution in [0.3, 0.4) is 0 Å². The molecule has 100 valence electrons. The fourth-order valence-electron chi connectivity index (χ4n) is 1.83. The summed E-state index contributed by atoms with van der Waals surface area (Å²) in [5.41, 5.74) is 2.09. The van der Waals surface area contributed by atoms with Crippen LogP contribution in [0.25, 0.3) is 0 Å². The van der Waals surface area contributed by atoms with E-state index in [0.29, 0.717) is 5.56 Å². The van der Waals surface area contributed by atoms with E-state index in [2.05, 4.69) is 27.3 Å². The maximum absolute atomic E-state index is 10.9. The predicted molar refractivity (Wildman–Crippen MR) is 82.4 cm³/mol. The van der Waals surface area contributed by atoms with Crippen molar-refractivity contribution in [2.75, 3.05) is 11.9 Å². The average Bonchev–Trinajstić information content (AvgIpc) is 2.75. The number of carboxylic acids is 1. The Kier molecular flexibility index (Phi) is 4.61. The third-order valence-electron chi connectivity index (χ3n) is 2.79. The van der Waals surface area contributed by atoms with Gasteiger partial charge in [-0.3, -0.25) is 0 Å². The van der Waals surface area contributed by atoms with E-state index < -0.39 is 5.97 Å². The van der Waals surface area contributed by atoms with Gasteiger partial charge in [-0.2, -0.15) is 0 Å². The van der Waals surface area contributed by atoms with Gasteiger partial charge in [0.15, 0.2) is 0 Å². The van der Waals surface area contributed by atoms with Crippen molar-refractivity contribution in [2.24, 2.45) is 0 Å². The van der Waals surface area contributed by atoms with Crippen LogP contribution in [0.15, 0.2) is 34.1 Å². The highest BCUT2D eigenvalue weighted by molar-refractivity contribution is 9.11. The molecule has 2 aromatic rings. The second-order valence-electron chi connectivity index (χ2n) is 4.22. The third-order valence-corrected chi connectivity index (χ3v) is 4.47. The quantitative estimate of drug-likeness (QED) is 0.859. The summed E-state index contributed by atoms with van der Waals surface area (Å²) in [5.74, 6) is -0.882. The van der Waals surface area contributed by atoms with Crippen molar-refractivity contribution in [1.82, 2.24) is 0 Å². The number of nitrogens with one attached hydrogen (secondary N) is 1. The summed E-state index contributed by atoms with van der Waals surface area (Å²) >= 11 is 5.17. The van der Waals surface area contributed by atoms with Gasteiger partial charge in [0.25, 0.3) is 0 Å². The molecule has 0 spiro atoms. The Morgan fingerprint density at radius 2 is 2.16 bits per heavy atom. The number of aryl methyl sites for hydroxylation is 1. The molecule has 5 heteroatoms. The third kappa shape index (κ3) is 3.81. The van der Waals surface area contributed by atoms with Crippen molar-refractivity contribution >= 4 is 38.9 Å². The molecule has 0 bridgehead atoms. The normalized spacial score (nSPS) is 10.4. The van der Waals surface area contributed by atoms with Crippen molar-refractivity contribution in [2.45, 2.75) is 13.3 Å². The highest BCUT2D eigenvalue weighted by Gasteiger charge is 2.06. The van der Waals surface area contributed by atoms with Gasteiger partial charge in [0, 0.05) is 17.1 Å². The number of rotatable bonds is 5. The predicted octanol–water partition coefficient (Wildman–Crippen LogP) is 4.17. The Bertz CT molecular complexity index is 595. The number of halogens is 1. The minimum atomic E-state index is -0.882. The zero-order valence-electron chi connectivity index (χ0n) is 10.4. The van der Waals surface area contributed by atoms with Gasteiger partial charge >= 0.3 is 5.97 Å². The number of carbonyl (C=O) groups is 1. The Hall–Kier alpha value is -1.33. The average molecular weight is 340 g/mol. The standard InChI is InChI=1S/C14H14BrNO2S/c1-9-8-10(2-4-12(9)14(17)18)16-7-6-11-3-5-13(15)19-11/h2-5,8,16H,6-7H2,1H3,(H,17,18). The molecule has 0 aliphatic rings. The molecule has 0 saturated heterocycles. The summed E-state index contributed by atoms with van der Waals surface area (Å²) in [6.07, 6.45) is 0.954. The number of hydrogen-bond donors (Lipinski definition) is 2. The monoisotopic (exact) mass is 339 g/mol. The first-order chi connectivity index (χ1) is 9.06. The largest absolute Gasteiger partial charge is 0.478 e. The molecule has 3 nitrogen and oxygen atoms in total. The maximum atomic E-state index is 10.9. The second kappa shape index (κ2) is 6.21. The molecule has 2 N–H and O–H groups in total. The Labute approximate surface area is 124 Å². The van der Waals surface area contributed by atoms with Crippen LogP contribution in [0, 0.1) is 6.92 Å². The first-order valence-corrected chi connectivity index (χ1v) is 7.49. The summed E-state index contributed by atoms with van der Waals surface area (Å²) in [4.78, 5) is 12.2. The van der Waals surface area contributed by atoms with E-state index in [1.807, 2.05) is 19.1 Å². The molecule has 0 aliphatic carbocycles. The van der Waals surface area contributed by atoms with Crippen LogP contribution in [-0.2, 0) is 6.42 Å². The maximum Gasteiger partial charge on any atom is 0.335 e. The summed E-state index contributed by atoms with van der Waals surface area (Å²) in [6, 6.07) is 9.47. The first kappa shape index (κ1) is 14.1. The van der Waals surface area contributed by atoms with Gasteiger partial charge in [-0.25, -0.2) is 4.79 Å². The minimum Gasteiger partial charge on any atom is -0.478 e. The number of benzene rings is 1. The van der Waals surface area contributed by atoms with Crippen LogP contribution < -0.4 is 5.32 Å². The Morgan fingerprint density at radius 1 is 1.37 bits per heavy atom. The highest BCUT2D eigenvalue weighted by atomic mass is 79.9. The number of anilines is 1. The Morgan fingerprint density at radius 3 is 2.74 bits per heavy atom. The molecule has 0 atom stereocenters. The highest BCUT2D eigenvalue weighted by Crippen LogP contribution is 2.22. The minimum absolute atomic E-state index is 0.354. The lowest BCUT2D eigenvalue weighted by Gasteiger charge is -2.08. The van der Waals surface area contributed by atoms with Crippen molar-refractivity contribution in [1.29, 1.82) is 0 Å². The van der Waals surface area contributed by atoms with Crippen LogP contribution in [-0.4, -0.2) is 17.6 Å². The van der Waals surface area contributed by atoms with Gasteiger partial charge in [-0.1, -0.05) is 0 Å². The molecule has 0 amide bonds. The molecule has 0 radical (unpaired) electrons. The van der Waals surface area contributed by atoms with E-state index >= 15 is 0 Å². The lowest BCUT2D eigenvalue weighted by molar-refractivity contribution is 0.0696. The van der Waals surface area contributed by atoms with Gasteiger partial charge in [-0.05, 0) is 65.2 Å². The zero-order valence-corrected chi connectivity index (χ0v) is 12.8. The zero-order chi connectivity index (χ0) is 13.8. The number of hydrogen-bond acceptors (Lipinski definition) is 3. The molecule has 0 aliphatic heterocycles. The van der Waals surface area contributed by atoms with Crippen molar-refractivity contribution in [3.05, 3.63) is 50.1 Å². The van der Waals surface area contributed by atoms with Crippen LogP contribution >= 0.6 is 27.3 Å². The molecule has 1 heterocycles. The summed E-state index contributed by atoms with van der Waals surface area (Å²) in [7, 11) is 0. The van der Waals surface area contributed by atoms with E-state index in [4.69, 9.17) is 5.11 Å². The van der Waals surface area contributed by atoms with E-state index in [1.54, 1.807) is 23.5 Å². The molecule has 0 fully saturated rings. The van der Waals surface area contributed by atoms with Gasteiger partial charge in [0.05, 0.1) is 9.35 Å². The summed E-state index contributed by atoms with van der Waals surface area (Å²) in [5, 5.41) is 12.3. The van der Waals surface area contributed by atoms with Gasteiger partial charge in [-0.15, -0.1) is 11.3 Å². The van der Waals surface area contributed by atoms with Crippen LogP contribution in [0.5, 0.6) is 0 Å². The number of thiophene rings is 1. The van der Waals surface area contributed by atoms with Crippen LogP contribution in [0.2, 0.25) is 0 Å². The van der Waals surface area contributed by atoms with E-state index in [-0.39, 0.29) is 0 Å². The Balaban J connectivity index is 1.93. The van der Waals surface area contributed by atoms with Crippen LogP contribution in [0.4, 0.5) is 5.69 Å². The molecule has 19 heavy (non-hydrogen) atoms. The van der Waals surface area contributed by atoms with Crippen LogP contribution in [0.1, 0.15) is 20.8 Å². The summed E-state index contributed by atoms with van der Waals surface area (Å²) in [6.45, 7) is 2.64. The molecular weight excluding hydrogens is 326 g/mol. The van der Waals surface area contributed by atoms with E-state index in [9.17, 15) is 4.79 Å². The van der Waals surface area contributed by atoms with Gasteiger partial charge in [0.1, 0.15) is 0 Å².